The van der Waals surface area contributed by atoms with Crippen LogP contribution in [-0.2, 0) is 28.5 Å². The third-order valence-corrected chi connectivity index (χ3v) is 7.69. The van der Waals surface area contributed by atoms with Crippen molar-refractivity contribution in [3.63, 3.8) is 0 Å². The van der Waals surface area contributed by atoms with Crippen molar-refractivity contribution >= 4 is 5.97 Å². The van der Waals surface area contributed by atoms with Crippen LogP contribution in [-0.4, -0.2) is 73.6 Å². The summed E-state index contributed by atoms with van der Waals surface area (Å²) in [6.07, 6.45) is 16.3. The van der Waals surface area contributed by atoms with Gasteiger partial charge in [-0.2, -0.15) is 0 Å². The van der Waals surface area contributed by atoms with Crippen LogP contribution in [0.3, 0.4) is 0 Å². The largest absolute Gasteiger partial charge is 0.456 e. The standard InChI is InChI=1S/C31H44O7/c1-20-13-14-35-24(16-20)11-12-27(34-4)28-19-29-31(38-29)26(32)18-22(3)15-21(2)17-25-9-5-7-23(36-25)8-6-10-30(33)37-28/h5-7,10-13,21,23-29,31-32H,3,8-9,14-19H2,1-2,4H3/b10-6+,12-11+/t21-,23-,24+,25-,26-,27-,28-,29-,31-/m0/s1. The fourth-order valence-electron chi connectivity index (χ4n) is 5.67. The Bertz CT molecular complexity index is 935. The van der Waals surface area contributed by atoms with Crippen molar-refractivity contribution in [3.8, 4) is 0 Å². The first-order valence-corrected chi connectivity index (χ1v) is 14.0. The van der Waals surface area contributed by atoms with Crippen LogP contribution in [0.4, 0.5) is 0 Å². The molecule has 0 radical (unpaired) electrons. The molecule has 0 aromatic heterocycles. The van der Waals surface area contributed by atoms with Gasteiger partial charge in [0.05, 0.1) is 37.1 Å². The number of epoxide rings is 1. The van der Waals surface area contributed by atoms with Gasteiger partial charge < -0.3 is 28.8 Å². The average Bonchev–Trinajstić information content (AvgIpc) is 3.63. The monoisotopic (exact) mass is 528 g/mol. The lowest BCUT2D eigenvalue weighted by atomic mass is 9.91. The molecule has 0 saturated carbocycles. The minimum atomic E-state index is -0.644. The Morgan fingerprint density at radius 2 is 2.00 bits per heavy atom. The number of hydrogen-bond acceptors (Lipinski definition) is 7. The van der Waals surface area contributed by atoms with Gasteiger partial charge in [0, 0.05) is 19.6 Å². The van der Waals surface area contributed by atoms with Gasteiger partial charge >= 0.3 is 5.97 Å². The van der Waals surface area contributed by atoms with Crippen molar-refractivity contribution in [1.29, 1.82) is 0 Å². The topological polar surface area (TPSA) is 86.8 Å². The zero-order valence-corrected chi connectivity index (χ0v) is 23.0. The fraction of sp³-hybridized carbons (Fsp3) is 0.645. The molecule has 7 nitrogen and oxygen atoms in total. The molecule has 7 heteroatoms. The maximum atomic E-state index is 12.8. The number of aliphatic hydroxyl groups is 1. The summed E-state index contributed by atoms with van der Waals surface area (Å²) >= 11 is 0. The van der Waals surface area contributed by atoms with E-state index in [9.17, 15) is 9.90 Å². The molecule has 38 heavy (non-hydrogen) atoms. The molecular weight excluding hydrogens is 484 g/mol. The number of hydrogen-bond donors (Lipinski definition) is 1. The van der Waals surface area contributed by atoms with Gasteiger partial charge in [0.2, 0.25) is 0 Å². The smallest absolute Gasteiger partial charge is 0.330 e. The molecule has 0 aromatic carbocycles. The molecule has 0 amide bonds. The van der Waals surface area contributed by atoms with E-state index in [1.807, 2.05) is 18.2 Å². The zero-order valence-electron chi connectivity index (χ0n) is 23.0. The van der Waals surface area contributed by atoms with E-state index in [0.29, 0.717) is 31.8 Å². The number of aliphatic hydroxyl groups excluding tert-OH is 1. The molecule has 1 fully saturated rings. The Morgan fingerprint density at radius 1 is 1.16 bits per heavy atom. The first kappa shape index (κ1) is 29.0. The summed E-state index contributed by atoms with van der Waals surface area (Å²) in [5, 5.41) is 10.8. The van der Waals surface area contributed by atoms with Crippen molar-refractivity contribution in [1.82, 2.24) is 0 Å². The Hall–Kier alpha value is -2.03. The Kier molecular flexibility index (Phi) is 10.6. The molecule has 9 atom stereocenters. The highest BCUT2D eigenvalue weighted by molar-refractivity contribution is 5.82. The van der Waals surface area contributed by atoms with Crippen LogP contribution in [0.2, 0.25) is 0 Å². The Balaban J connectivity index is 1.47. The van der Waals surface area contributed by atoms with Gasteiger partial charge in [-0.3, -0.25) is 0 Å². The van der Waals surface area contributed by atoms with Crippen molar-refractivity contribution in [2.45, 2.75) is 108 Å². The summed E-state index contributed by atoms with van der Waals surface area (Å²) < 4.78 is 29.6. The molecule has 2 bridgehead atoms. The van der Waals surface area contributed by atoms with Crippen molar-refractivity contribution in [2.75, 3.05) is 13.7 Å². The molecule has 4 aliphatic rings. The van der Waals surface area contributed by atoms with E-state index in [2.05, 4.69) is 38.7 Å². The van der Waals surface area contributed by atoms with Crippen LogP contribution in [0, 0.1) is 5.92 Å². The van der Waals surface area contributed by atoms with E-state index in [-0.39, 0.29) is 30.5 Å². The van der Waals surface area contributed by atoms with E-state index in [4.69, 9.17) is 23.7 Å². The predicted molar refractivity (Wildman–Crippen MR) is 146 cm³/mol. The summed E-state index contributed by atoms with van der Waals surface area (Å²) in [5.74, 6) is -0.0337. The lowest BCUT2D eigenvalue weighted by molar-refractivity contribution is -0.149. The number of cyclic esters (lactones) is 1. The third kappa shape index (κ3) is 8.75. The normalized spacial score (nSPS) is 38.9. The van der Waals surface area contributed by atoms with Gasteiger partial charge in [-0.15, -0.1) is 0 Å². The fourth-order valence-corrected chi connectivity index (χ4v) is 5.67. The molecule has 4 heterocycles. The molecule has 4 aliphatic heterocycles. The summed E-state index contributed by atoms with van der Waals surface area (Å²) in [5.41, 5.74) is 2.30. The molecule has 210 valence electrons. The van der Waals surface area contributed by atoms with E-state index in [1.165, 1.54) is 11.6 Å². The number of carbonyl (C=O) groups excluding carboxylic acids is 1. The maximum absolute atomic E-state index is 12.8. The van der Waals surface area contributed by atoms with Gasteiger partial charge in [0.15, 0.2) is 0 Å². The van der Waals surface area contributed by atoms with Gasteiger partial charge in [-0.1, -0.05) is 61.1 Å². The molecule has 4 rings (SSSR count). The molecule has 1 N–H and O–H groups in total. The van der Waals surface area contributed by atoms with Crippen molar-refractivity contribution in [2.24, 2.45) is 5.92 Å². The van der Waals surface area contributed by atoms with E-state index in [1.54, 1.807) is 7.11 Å². The predicted octanol–water partition coefficient (Wildman–Crippen LogP) is 4.76. The number of methoxy groups -OCH3 is 1. The highest BCUT2D eigenvalue weighted by Crippen LogP contribution is 2.35. The quantitative estimate of drug-likeness (QED) is 0.320. The second-order valence-electron chi connectivity index (χ2n) is 11.2. The van der Waals surface area contributed by atoms with Crippen LogP contribution in [0.15, 0.2) is 60.3 Å². The van der Waals surface area contributed by atoms with Crippen LogP contribution in [0.5, 0.6) is 0 Å². The first-order valence-electron chi connectivity index (χ1n) is 14.0. The van der Waals surface area contributed by atoms with Gasteiger partial charge in [0.1, 0.15) is 18.3 Å². The summed E-state index contributed by atoms with van der Waals surface area (Å²) in [4.78, 5) is 12.8. The third-order valence-electron chi connectivity index (χ3n) is 7.69. The lowest BCUT2D eigenvalue weighted by Gasteiger charge is -2.28. The number of rotatable bonds is 4. The van der Waals surface area contributed by atoms with Gasteiger partial charge in [-0.05, 0) is 51.4 Å². The lowest BCUT2D eigenvalue weighted by Crippen LogP contribution is -2.34. The highest BCUT2D eigenvalue weighted by atomic mass is 16.6. The summed E-state index contributed by atoms with van der Waals surface area (Å²) in [7, 11) is 1.60. The van der Waals surface area contributed by atoms with Crippen molar-refractivity contribution < 1.29 is 33.6 Å². The van der Waals surface area contributed by atoms with Crippen LogP contribution < -0.4 is 0 Å². The molecule has 1 saturated heterocycles. The highest BCUT2D eigenvalue weighted by Gasteiger charge is 2.47. The van der Waals surface area contributed by atoms with Crippen molar-refractivity contribution in [3.05, 3.63) is 60.3 Å². The number of ether oxygens (including phenoxy) is 5. The molecule has 0 unspecified atom stereocenters. The Labute approximate surface area is 227 Å². The minimum absolute atomic E-state index is 0.0417. The second-order valence-corrected chi connectivity index (χ2v) is 11.2. The van der Waals surface area contributed by atoms with Crippen LogP contribution in [0.25, 0.3) is 0 Å². The van der Waals surface area contributed by atoms with Gasteiger partial charge in [-0.25, -0.2) is 4.79 Å². The van der Waals surface area contributed by atoms with Crippen LogP contribution >= 0.6 is 0 Å². The van der Waals surface area contributed by atoms with E-state index in [0.717, 1.165) is 31.3 Å². The average molecular weight is 529 g/mol. The second kappa shape index (κ2) is 13.9. The molecule has 0 aliphatic carbocycles. The maximum Gasteiger partial charge on any atom is 0.330 e. The SMILES string of the molecule is C=C1C[C@H](C)C[C@@H]2CC=C[C@@H](C/C=C/C(=O)O[C@H]([C@H](/C=C/[C@@H]3CC(C)=CCO3)OC)C[C@@H]3O[C@H]3[C@@H](O)C1)O2. The van der Waals surface area contributed by atoms with E-state index < -0.39 is 24.3 Å². The zero-order chi connectivity index (χ0) is 27.1. The number of carbonyl (C=O) groups is 1. The summed E-state index contributed by atoms with van der Waals surface area (Å²) in [6, 6.07) is 0. The Morgan fingerprint density at radius 3 is 2.79 bits per heavy atom. The number of esters is 1. The molecule has 0 aromatic rings. The van der Waals surface area contributed by atoms with Gasteiger partial charge in [0.25, 0.3) is 0 Å². The minimum Gasteiger partial charge on any atom is -0.456 e. The molecular formula is C31H44O7. The number of fused-ring (bicyclic) bond motifs is 3. The first-order chi connectivity index (χ1) is 18.3. The molecule has 0 spiro atoms. The summed E-state index contributed by atoms with van der Waals surface area (Å²) in [6.45, 7) is 9.11. The van der Waals surface area contributed by atoms with Crippen LogP contribution in [0.1, 0.15) is 58.8 Å². The van der Waals surface area contributed by atoms with E-state index >= 15 is 0 Å².